The van der Waals surface area contributed by atoms with Gasteiger partial charge in [0, 0.05) is 10.0 Å². The molecule has 1 amide bonds. The van der Waals surface area contributed by atoms with Crippen LogP contribution in [-0.2, 0) is 4.79 Å². The number of halogens is 3. The van der Waals surface area contributed by atoms with Gasteiger partial charge in [-0.3, -0.25) is 4.79 Å². The van der Waals surface area contributed by atoms with Gasteiger partial charge in [-0.25, -0.2) is 4.39 Å². The molecule has 0 bridgehead atoms. The van der Waals surface area contributed by atoms with Crippen molar-refractivity contribution in [1.29, 1.82) is 0 Å². The lowest BCUT2D eigenvalue weighted by molar-refractivity contribution is -0.128. The van der Waals surface area contributed by atoms with Gasteiger partial charge in [0.15, 0.2) is 17.7 Å². The Morgan fingerprint density at radius 2 is 1.87 bits per heavy atom. The van der Waals surface area contributed by atoms with Crippen molar-refractivity contribution < 1.29 is 13.9 Å². The summed E-state index contributed by atoms with van der Waals surface area (Å²) in [6.45, 7) is 3.35. The lowest BCUT2D eigenvalue weighted by atomic mass is 10.1. The SMILES string of the molecule is C[C@H](NC(=O)[C@@H](C)Oc1ccccc1F)c1ccc(Cl)cc1Cl. The van der Waals surface area contributed by atoms with Gasteiger partial charge in [0.25, 0.3) is 5.91 Å². The molecule has 122 valence electrons. The van der Waals surface area contributed by atoms with Crippen molar-refractivity contribution in [1.82, 2.24) is 5.32 Å². The maximum absolute atomic E-state index is 13.5. The van der Waals surface area contributed by atoms with E-state index in [4.69, 9.17) is 27.9 Å². The number of amides is 1. The zero-order valence-corrected chi connectivity index (χ0v) is 14.2. The Bertz CT molecular complexity index is 709. The maximum atomic E-state index is 13.5. The normalized spacial score (nSPS) is 13.3. The average Bonchev–Trinajstić information content (AvgIpc) is 2.49. The van der Waals surface area contributed by atoms with Crippen molar-refractivity contribution in [3.63, 3.8) is 0 Å². The molecule has 0 radical (unpaired) electrons. The molecule has 0 aliphatic heterocycles. The summed E-state index contributed by atoms with van der Waals surface area (Å²) in [4.78, 5) is 12.2. The highest BCUT2D eigenvalue weighted by molar-refractivity contribution is 6.35. The van der Waals surface area contributed by atoms with E-state index in [2.05, 4.69) is 5.32 Å². The first kappa shape index (κ1) is 17.6. The molecule has 6 heteroatoms. The number of benzene rings is 2. The van der Waals surface area contributed by atoms with Crippen LogP contribution < -0.4 is 10.1 Å². The Morgan fingerprint density at radius 3 is 2.52 bits per heavy atom. The second-order valence-electron chi connectivity index (χ2n) is 5.09. The number of rotatable bonds is 5. The zero-order chi connectivity index (χ0) is 17.0. The fourth-order valence-corrected chi connectivity index (χ4v) is 2.62. The second-order valence-corrected chi connectivity index (χ2v) is 5.93. The number of carbonyl (C=O) groups is 1. The molecule has 2 atom stereocenters. The monoisotopic (exact) mass is 355 g/mol. The summed E-state index contributed by atoms with van der Waals surface area (Å²) in [5, 5.41) is 3.77. The van der Waals surface area contributed by atoms with E-state index in [0.717, 1.165) is 5.56 Å². The van der Waals surface area contributed by atoms with Crippen LogP contribution in [0.15, 0.2) is 42.5 Å². The first-order valence-corrected chi connectivity index (χ1v) is 7.80. The Labute approximate surface area is 144 Å². The summed E-state index contributed by atoms with van der Waals surface area (Å²) < 4.78 is 18.9. The van der Waals surface area contributed by atoms with Gasteiger partial charge in [-0.05, 0) is 43.7 Å². The summed E-state index contributed by atoms with van der Waals surface area (Å²) in [6, 6.07) is 10.7. The molecule has 0 aromatic heterocycles. The predicted molar refractivity (Wildman–Crippen MR) is 89.5 cm³/mol. The molecule has 3 nitrogen and oxygen atoms in total. The zero-order valence-electron chi connectivity index (χ0n) is 12.6. The molecule has 0 fully saturated rings. The topological polar surface area (TPSA) is 38.3 Å². The lowest BCUT2D eigenvalue weighted by Gasteiger charge is -2.20. The predicted octanol–water partition coefficient (Wildman–Crippen LogP) is 4.78. The summed E-state index contributed by atoms with van der Waals surface area (Å²) >= 11 is 12.0. The highest BCUT2D eigenvalue weighted by Crippen LogP contribution is 2.26. The van der Waals surface area contributed by atoms with Gasteiger partial charge in [-0.1, -0.05) is 41.4 Å². The van der Waals surface area contributed by atoms with Crippen LogP contribution in [0.4, 0.5) is 4.39 Å². The van der Waals surface area contributed by atoms with E-state index in [1.807, 2.05) is 0 Å². The number of nitrogens with one attached hydrogen (secondary N) is 1. The first-order chi connectivity index (χ1) is 10.9. The van der Waals surface area contributed by atoms with E-state index >= 15 is 0 Å². The molecule has 0 saturated heterocycles. The van der Waals surface area contributed by atoms with Crippen molar-refractivity contribution in [2.75, 3.05) is 0 Å². The fraction of sp³-hybridized carbons (Fsp3) is 0.235. The first-order valence-electron chi connectivity index (χ1n) is 7.05. The van der Waals surface area contributed by atoms with Crippen LogP contribution >= 0.6 is 23.2 Å². The van der Waals surface area contributed by atoms with E-state index in [1.54, 1.807) is 44.2 Å². The molecular weight excluding hydrogens is 340 g/mol. The molecule has 0 aliphatic rings. The van der Waals surface area contributed by atoms with Crippen molar-refractivity contribution in [2.45, 2.75) is 26.0 Å². The van der Waals surface area contributed by atoms with Crippen molar-refractivity contribution in [3.05, 3.63) is 63.9 Å². The highest BCUT2D eigenvalue weighted by atomic mass is 35.5. The Hall–Kier alpha value is -1.78. The third kappa shape index (κ3) is 4.60. The molecule has 2 aromatic carbocycles. The minimum atomic E-state index is -0.847. The molecular formula is C17H16Cl2FNO2. The molecule has 1 N–H and O–H groups in total. The van der Waals surface area contributed by atoms with Crippen LogP contribution in [-0.4, -0.2) is 12.0 Å². The van der Waals surface area contributed by atoms with Crippen LogP contribution in [0, 0.1) is 5.82 Å². The quantitative estimate of drug-likeness (QED) is 0.838. The molecule has 0 unspecified atom stereocenters. The summed E-state index contributed by atoms with van der Waals surface area (Å²) in [6.07, 6.45) is -0.847. The number of carbonyl (C=O) groups excluding carboxylic acids is 1. The maximum Gasteiger partial charge on any atom is 0.261 e. The van der Waals surface area contributed by atoms with Gasteiger partial charge < -0.3 is 10.1 Å². The van der Waals surface area contributed by atoms with Crippen LogP contribution in [0.1, 0.15) is 25.5 Å². The summed E-state index contributed by atoms with van der Waals surface area (Å²) in [7, 11) is 0. The summed E-state index contributed by atoms with van der Waals surface area (Å²) in [5.41, 5.74) is 0.738. The molecule has 0 aliphatic carbocycles. The molecule has 0 heterocycles. The van der Waals surface area contributed by atoms with Crippen LogP contribution in [0.25, 0.3) is 0 Å². The Morgan fingerprint density at radius 1 is 1.17 bits per heavy atom. The minimum Gasteiger partial charge on any atom is -0.478 e. The van der Waals surface area contributed by atoms with Gasteiger partial charge in [0.2, 0.25) is 0 Å². The fourth-order valence-electron chi connectivity index (χ4n) is 2.05. The number of ether oxygens (including phenoxy) is 1. The molecule has 0 saturated carbocycles. The van der Waals surface area contributed by atoms with Gasteiger partial charge >= 0.3 is 0 Å². The van der Waals surface area contributed by atoms with Gasteiger partial charge in [-0.2, -0.15) is 0 Å². The van der Waals surface area contributed by atoms with Gasteiger partial charge in [-0.15, -0.1) is 0 Å². The van der Waals surface area contributed by atoms with Crippen molar-refractivity contribution >= 4 is 29.1 Å². The van der Waals surface area contributed by atoms with Crippen LogP contribution in [0.3, 0.4) is 0 Å². The van der Waals surface area contributed by atoms with E-state index in [1.165, 1.54) is 12.1 Å². The van der Waals surface area contributed by atoms with Gasteiger partial charge in [0.1, 0.15) is 0 Å². The third-order valence-electron chi connectivity index (χ3n) is 3.30. The number of hydrogen-bond donors (Lipinski definition) is 1. The van der Waals surface area contributed by atoms with E-state index in [0.29, 0.717) is 10.0 Å². The van der Waals surface area contributed by atoms with Crippen molar-refractivity contribution in [2.24, 2.45) is 0 Å². The largest absolute Gasteiger partial charge is 0.478 e. The lowest BCUT2D eigenvalue weighted by Crippen LogP contribution is -2.38. The highest BCUT2D eigenvalue weighted by Gasteiger charge is 2.20. The third-order valence-corrected chi connectivity index (χ3v) is 3.86. The van der Waals surface area contributed by atoms with Crippen LogP contribution in [0.5, 0.6) is 5.75 Å². The summed E-state index contributed by atoms with van der Waals surface area (Å²) in [5.74, 6) is -0.847. The van der Waals surface area contributed by atoms with Gasteiger partial charge in [0.05, 0.1) is 6.04 Å². The smallest absolute Gasteiger partial charge is 0.261 e. The van der Waals surface area contributed by atoms with E-state index < -0.39 is 11.9 Å². The van der Waals surface area contributed by atoms with E-state index in [9.17, 15) is 9.18 Å². The molecule has 0 spiro atoms. The molecule has 2 rings (SSSR count). The second kappa shape index (κ2) is 7.66. The van der Waals surface area contributed by atoms with Crippen molar-refractivity contribution in [3.8, 4) is 5.75 Å². The number of hydrogen-bond acceptors (Lipinski definition) is 2. The Balaban J connectivity index is 2.01. The van der Waals surface area contributed by atoms with Crippen LogP contribution in [0.2, 0.25) is 10.0 Å². The Kier molecular flexibility index (Phi) is 5.85. The molecule has 2 aromatic rings. The average molecular weight is 356 g/mol. The molecule has 23 heavy (non-hydrogen) atoms. The standard InChI is InChI=1S/C17H16Cl2FNO2/c1-10(13-8-7-12(18)9-14(13)19)21-17(22)11(2)23-16-6-4-3-5-15(16)20/h3-11H,1-2H3,(H,21,22)/t10-,11+/m0/s1. The van der Waals surface area contributed by atoms with E-state index in [-0.39, 0.29) is 17.7 Å². The minimum absolute atomic E-state index is 0.0346. The number of para-hydroxylation sites is 1.